The summed E-state index contributed by atoms with van der Waals surface area (Å²) in [5.41, 5.74) is 6.12. The predicted molar refractivity (Wildman–Crippen MR) is 97.9 cm³/mol. The van der Waals surface area contributed by atoms with Gasteiger partial charge in [-0.3, -0.25) is 4.79 Å². The molecular weight excluding hydrogens is 373 g/mol. The number of aromatic nitrogens is 1. The number of furan rings is 1. The molecule has 6 nitrogen and oxygen atoms in total. The lowest BCUT2D eigenvalue weighted by molar-refractivity contribution is -0.130. The summed E-state index contributed by atoms with van der Waals surface area (Å²) in [6.45, 7) is 3.32. The Bertz CT molecular complexity index is 668. The monoisotopic (exact) mass is 393 g/mol. The lowest BCUT2D eigenvalue weighted by atomic mass is 9.90. The van der Waals surface area contributed by atoms with Gasteiger partial charge in [-0.05, 0) is 31.9 Å². The minimum atomic E-state index is -0.834. The molecule has 3 rings (SSSR count). The highest BCUT2D eigenvalue weighted by Gasteiger charge is 2.35. The van der Waals surface area contributed by atoms with E-state index in [-0.39, 0.29) is 30.7 Å². The van der Waals surface area contributed by atoms with E-state index in [1.165, 1.54) is 0 Å². The molecule has 0 bridgehead atoms. The van der Waals surface area contributed by atoms with Crippen LogP contribution in [0.4, 0.5) is 0 Å². The van der Waals surface area contributed by atoms with Gasteiger partial charge in [0.05, 0.1) is 17.1 Å². The third-order valence-corrected chi connectivity index (χ3v) is 4.57. The number of carbonyl (C=O) groups excluding carboxylic acids is 1. The number of carbonyl (C=O) groups is 1. The van der Waals surface area contributed by atoms with Crippen LogP contribution in [0.2, 0.25) is 0 Å². The second-order valence-corrected chi connectivity index (χ2v) is 6.53. The first-order valence-electron chi connectivity index (χ1n) is 7.23. The molecular formula is C15H21Cl2N3O3S. The summed E-state index contributed by atoms with van der Waals surface area (Å²) in [7, 11) is 0. The number of nitrogens with one attached hydrogen (secondary N) is 1. The van der Waals surface area contributed by atoms with E-state index in [2.05, 4.69) is 10.3 Å². The van der Waals surface area contributed by atoms with Crippen LogP contribution in [0, 0.1) is 6.92 Å². The van der Waals surface area contributed by atoms with Crippen molar-refractivity contribution in [1.82, 2.24) is 10.3 Å². The third kappa shape index (κ3) is 4.70. The lowest BCUT2D eigenvalue weighted by Gasteiger charge is -2.31. The Kier molecular flexibility index (Phi) is 7.69. The molecule has 134 valence electrons. The summed E-state index contributed by atoms with van der Waals surface area (Å²) < 4.78 is 11.0. The van der Waals surface area contributed by atoms with E-state index in [4.69, 9.17) is 14.9 Å². The molecule has 24 heavy (non-hydrogen) atoms. The summed E-state index contributed by atoms with van der Waals surface area (Å²) in [5.74, 6) is 1.24. The first-order chi connectivity index (χ1) is 10.6. The number of halogens is 2. The first kappa shape index (κ1) is 20.9. The summed E-state index contributed by atoms with van der Waals surface area (Å²) >= 11 is 1.58. The number of hydrogen-bond acceptors (Lipinski definition) is 6. The van der Waals surface area contributed by atoms with Crippen LogP contribution in [0.15, 0.2) is 21.9 Å². The largest absolute Gasteiger partial charge is 0.458 e. The highest BCUT2D eigenvalue weighted by molar-refractivity contribution is 7.09. The number of aryl methyl sites for hydroxylation is 1. The van der Waals surface area contributed by atoms with E-state index in [1.807, 2.05) is 24.4 Å². The van der Waals surface area contributed by atoms with Gasteiger partial charge in [0.25, 0.3) is 0 Å². The minimum absolute atomic E-state index is 0. The molecule has 0 unspecified atom stereocenters. The van der Waals surface area contributed by atoms with Gasteiger partial charge in [0.1, 0.15) is 11.5 Å². The quantitative estimate of drug-likeness (QED) is 0.832. The fourth-order valence-corrected chi connectivity index (χ4v) is 3.00. The number of amides is 1. The molecule has 0 radical (unpaired) electrons. The van der Waals surface area contributed by atoms with Gasteiger partial charge in [-0.15, -0.1) is 36.2 Å². The molecule has 0 atom stereocenters. The summed E-state index contributed by atoms with van der Waals surface area (Å²) in [5, 5.41) is 5.79. The fourth-order valence-electron chi connectivity index (χ4n) is 2.39. The van der Waals surface area contributed by atoms with E-state index in [0.717, 1.165) is 10.7 Å². The zero-order valence-electron chi connectivity index (χ0n) is 13.2. The smallest absolute Gasteiger partial charge is 0.240 e. The first-order valence-corrected chi connectivity index (χ1v) is 8.11. The SMILES string of the molecule is Cc1nc(-c2ccc(CNC(=O)C3(N)CCOCC3)o2)cs1.Cl.Cl. The van der Waals surface area contributed by atoms with Crippen LogP contribution >= 0.6 is 36.2 Å². The number of thiazole rings is 1. The van der Waals surface area contributed by atoms with E-state index < -0.39 is 5.54 Å². The van der Waals surface area contributed by atoms with E-state index in [0.29, 0.717) is 44.1 Å². The van der Waals surface area contributed by atoms with Gasteiger partial charge in [0.15, 0.2) is 5.76 Å². The normalized spacial score (nSPS) is 15.9. The van der Waals surface area contributed by atoms with Crippen molar-refractivity contribution in [2.45, 2.75) is 31.8 Å². The van der Waals surface area contributed by atoms with E-state index in [9.17, 15) is 4.79 Å². The maximum absolute atomic E-state index is 12.2. The standard InChI is InChI=1S/C15H19N3O3S.2ClH/c1-10-18-12(9-22-10)13-3-2-11(21-13)8-17-14(19)15(16)4-6-20-7-5-15;;/h2-3,9H,4-8,16H2,1H3,(H,17,19);2*1H. The van der Waals surface area contributed by atoms with Crippen LogP contribution in [0.1, 0.15) is 23.6 Å². The highest BCUT2D eigenvalue weighted by atomic mass is 35.5. The highest BCUT2D eigenvalue weighted by Crippen LogP contribution is 2.24. The van der Waals surface area contributed by atoms with E-state index >= 15 is 0 Å². The van der Waals surface area contributed by atoms with Gasteiger partial charge in [-0.1, -0.05) is 0 Å². The van der Waals surface area contributed by atoms with Crippen molar-refractivity contribution in [3.05, 3.63) is 28.3 Å². The van der Waals surface area contributed by atoms with Crippen molar-refractivity contribution in [2.24, 2.45) is 5.73 Å². The van der Waals surface area contributed by atoms with Gasteiger partial charge in [0.2, 0.25) is 5.91 Å². The second kappa shape index (κ2) is 8.82. The van der Waals surface area contributed by atoms with Crippen LogP contribution in [0.5, 0.6) is 0 Å². The van der Waals surface area contributed by atoms with Gasteiger partial charge in [-0.25, -0.2) is 4.98 Å². The molecule has 0 aliphatic carbocycles. The molecule has 1 saturated heterocycles. The third-order valence-electron chi connectivity index (χ3n) is 3.79. The molecule has 1 aliphatic rings. The average Bonchev–Trinajstić information content (AvgIpc) is 3.14. The minimum Gasteiger partial charge on any atom is -0.458 e. The lowest BCUT2D eigenvalue weighted by Crippen LogP contribution is -2.56. The van der Waals surface area contributed by atoms with Gasteiger partial charge >= 0.3 is 0 Å². The van der Waals surface area contributed by atoms with Gasteiger partial charge in [-0.2, -0.15) is 0 Å². The van der Waals surface area contributed by atoms with Crippen LogP contribution in [-0.4, -0.2) is 29.6 Å². The number of nitrogens with two attached hydrogens (primary N) is 1. The molecule has 3 heterocycles. The van der Waals surface area contributed by atoms with Crippen LogP contribution in [-0.2, 0) is 16.1 Å². The number of ether oxygens (including phenoxy) is 1. The molecule has 2 aromatic heterocycles. The van der Waals surface area contributed by atoms with Crippen LogP contribution in [0.3, 0.4) is 0 Å². The number of rotatable bonds is 4. The van der Waals surface area contributed by atoms with Gasteiger partial charge < -0.3 is 20.2 Å². The Morgan fingerprint density at radius 1 is 1.38 bits per heavy atom. The van der Waals surface area contributed by atoms with Crippen molar-refractivity contribution >= 4 is 42.1 Å². The Hall–Kier alpha value is -1.12. The predicted octanol–water partition coefficient (Wildman–Crippen LogP) is 2.68. The summed E-state index contributed by atoms with van der Waals surface area (Å²) in [6, 6.07) is 3.71. The van der Waals surface area contributed by atoms with Crippen molar-refractivity contribution in [1.29, 1.82) is 0 Å². The molecule has 9 heteroatoms. The van der Waals surface area contributed by atoms with Gasteiger partial charge in [0, 0.05) is 18.6 Å². The number of hydrogen-bond donors (Lipinski definition) is 2. The van der Waals surface area contributed by atoms with Crippen LogP contribution < -0.4 is 11.1 Å². The van der Waals surface area contributed by atoms with E-state index in [1.54, 1.807) is 11.3 Å². The van der Waals surface area contributed by atoms with Crippen molar-refractivity contribution in [3.63, 3.8) is 0 Å². The molecule has 1 fully saturated rings. The Morgan fingerprint density at radius 3 is 2.71 bits per heavy atom. The molecule has 1 aliphatic heterocycles. The molecule has 0 aromatic carbocycles. The molecule has 1 amide bonds. The molecule has 3 N–H and O–H groups in total. The summed E-state index contributed by atoms with van der Waals surface area (Å²) in [6.07, 6.45) is 1.08. The zero-order chi connectivity index (χ0) is 15.6. The Morgan fingerprint density at radius 2 is 2.08 bits per heavy atom. The zero-order valence-corrected chi connectivity index (χ0v) is 15.7. The van der Waals surface area contributed by atoms with Crippen LogP contribution in [0.25, 0.3) is 11.5 Å². The van der Waals surface area contributed by atoms with Crippen molar-refractivity contribution in [2.75, 3.05) is 13.2 Å². The number of nitrogens with zero attached hydrogens (tertiary/aromatic N) is 1. The Balaban J connectivity index is 0.00000144. The molecule has 0 saturated carbocycles. The Labute approximate surface area is 157 Å². The second-order valence-electron chi connectivity index (χ2n) is 5.47. The maximum Gasteiger partial charge on any atom is 0.240 e. The van der Waals surface area contributed by atoms with Crippen molar-refractivity contribution in [3.8, 4) is 11.5 Å². The van der Waals surface area contributed by atoms with Crippen molar-refractivity contribution < 1.29 is 13.9 Å². The fraction of sp³-hybridized carbons (Fsp3) is 0.467. The maximum atomic E-state index is 12.2. The molecule has 0 spiro atoms. The average molecular weight is 394 g/mol. The topological polar surface area (TPSA) is 90.4 Å². The summed E-state index contributed by atoms with van der Waals surface area (Å²) in [4.78, 5) is 16.6. The molecule has 2 aromatic rings.